The number of rotatable bonds is 5. The average molecular weight is 424 g/mol. The van der Waals surface area contributed by atoms with E-state index in [-0.39, 0.29) is 17.5 Å². The van der Waals surface area contributed by atoms with E-state index in [1.807, 2.05) is 4.90 Å². The first-order valence-electron chi connectivity index (χ1n) is 10.9. The van der Waals surface area contributed by atoms with Gasteiger partial charge in [-0.05, 0) is 36.3 Å². The van der Waals surface area contributed by atoms with E-state index < -0.39 is 11.2 Å². The molecule has 4 rings (SSSR count). The normalized spacial score (nSPS) is 16.9. The lowest BCUT2D eigenvalue weighted by molar-refractivity contribution is -0.135. The highest BCUT2D eigenvalue weighted by molar-refractivity contribution is 5.77. The van der Waals surface area contributed by atoms with Crippen molar-refractivity contribution in [2.45, 2.75) is 57.9 Å². The van der Waals surface area contributed by atoms with Crippen LogP contribution in [0.5, 0.6) is 0 Å². The molecule has 0 radical (unpaired) electrons. The lowest BCUT2D eigenvalue weighted by Crippen LogP contribution is -2.38. The van der Waals surface area contributed by atoms with Crippen molar-refractivity contribution in [2.75, 3.05) is 6.54 Å². The van der Waals surface area contributed by atoms with E-state index >= 15 is 0 Å². The zero-order chi connectivity index (χ0) is 22.1. The van der Waals surface area contributed by atoms with Gasteiger partial charge in [-0.3, -0.25) is 19.1 Å². The third-order valence-corrected chi connectivity index (χ3v) is 6.19. The van der Waals surface area contributed by atoms with Crippen LogP contribution in [0.25, 0.3) is 11.2 Å². The summed E-state index contributed by atoms with van der Waals surface area (Å²) in [5.74, 6) is 1.10. The highest BCUT2D eigenvalue weighted by Crippen LogP contribution is 2.32. The van der Waals surface area contributed by atoms with Crippen LogP contribution in [0.3, 0.4) is 0 Å². The van der Waals surface area contributed by atoms with Crippen molar-refractivity contribution in [1.29, 1.82) is 0 Å². The molecule has 31 heavy (non-hydrogen) atoms. The standard InChI is InChI=1S/C23H29N5O3/c1-14(2)15-7-9-16(10-8-15)17-6-4-5-13-28(17)19(29)12-11-18-24-20-21(25-18)27(3)23(31)26-22(20)30/h7-10,14,17H,4-6,11-13H2,1-3H3,(H,24,25)(H,26,30,31)/t17-/m0/s1. The predicted molar refractivity (Wildman–Crippen MR) is 119 cm³/mol. The summed E-state index contributed by atoms with van der Waals surface area (Å²) in [5.41, 5.74) is 2.03. The molecule has 8 heteroatoms. The number of carbonyl (C=O) groups is 1. The van der Waals surface area contributed by atoms with Gasteiger partial charge in [-0.15, -0.1) is 0 Å². The van der Waals surface area contributed by atoms with Gasteiger partial charge in [-0.1, -0.05) is 38.1 Å². The highest BCUT2D eigenvalue weighted by Gasteiger charge is 2.28. The summed E-state index contributed by atoms with van der Waals surface area (Å²) >= 11 is 0. The fourth-order valence-electron chi connectivity index (χ4n) is 4.32. The topological polar surface area (TPSA) is 104 Å². The minimum Gasteiger partial charge on any atom is -0.336 e. The van der Waals surface area contributed by atoms with E-state index in [9.17, 15) is 14.4 Å². The second-order valence-corrected chi connectivity index (χ2v) is 8.62. The number of hydrogen-bond donors (Lipinski definition) is 2. The summed E-state index contributed by atoms with van der Waals surface area (Å²) in [5, 5.41) is 0. The first kappa shape index (κ1) is 21.1. The Kier molecular flexibility index (Phi) is 5.80. The number of aromatic nitrogens is 4. The fraction of sp³-hybridized carbons (Fsp3) is 0.478. The minimum absolute atomic E-state index is 0.0842. The number of likely N-dealkylation sites (tertiary alicyclic amines) is 1. The first-order chi connectivity index (χ1) is 14.8. The third-order valence-electron chi connectivity index (χ3n) is 6.19. The molecule has 2 aromatic heterocycles. The molecule has 1 amide bonds. The Balaban J connectivity index is 1.50. The number of H-pyrrole nitrogens is 2. The molecular weight excluding hydrogens is 394 g/mol. The molecule has 3 heterocycles. The Morgan fingerprint density at radius 2 is 1.90 bits per heavy atom. The number of hydrogen-bond acceptors (Lipinski definition) is 4. The molecule has 2 N–H and O–H groups in total. The molecule has 0 spiro atoms. The second kappa shape index (κ2) is 8.53. The number of benzene rings is 1. The Hall–Kier alpha value is -3.16. The number of nitrogens with one attached hydrogen (secondary N) is 2. The summed E-state index contributed by atoms with van der Waals surface area (Å²) in [4.78, 5) is 48.4. The van der Waals surface area contributed by atoms with E-state index in [1.165, 1.54) is 15.7 Å². The van der Waals surface area contributed by atoms with Gasteiger partial charge in [-0.25, -0.2) is 9.78 Å². The van der Waals surface area contributed by atoms with Crippen molar-refractivity contribution < 1.29 is 4.79 Å². The third kappa shape index (κ3) is 4.19. The van der Waals surface area contributed by atoms with Crippen molar-refractivity contribution in [3.63, 3.8) is 0 Å². The van der Waals surface area contributed by atoms with Crippen LogP contribution < -0.4 is 11.2 Å². The molecule has 0 unspecified atom stereocenters. The number of carbonyl (C=O) groups excluding carboxylic acids is 1. The smallest absolute Gasteiger partial charge is 0.329 e. The highest BCUT2D eigenvalue weighted by atomic mass is 16.2. The SMILES string of the molecule is CC(C)c1ccc([C@@H]2CCCCN2C(=O)CCc2nc3c([nH]2)c(=O)[nH]c(=O)n3C)cc1. The van der Waals surface area contributed by atoms with Crippen LogP contribution in [0.15, 0.2) is 33.9 Å². The maximum Gasteiger partial charge on any atom is 0.329 e. The van der Waals surface area contributed by atoms with Gasteiger partial charge >= 0.3 is 5.69 Å². The number of fused-ring (bicyclic) bond motifs is 1. The summed E-state index contributed by atoms with van der Waals surface area (Å²) in [6.45, 7) is 5.11. The summed E-state index contributed by atoms with van der Waals surface area (Å²) in [6, 6.07) is 8.72. The molecule has 164 valence electrons. The van der Waals surface area contributed by atoms with Gasteiger partial charge in [0.15, 0.2) is 5.65 Å². The first-order valence-corrected chi connectivity index (χ1v) is 10.9. The van der Waals surface area contributed by atoms with Gasteiger partial charge in [0, 0.05) is 26.4 Å². The number of nitrogens with zero attached hydrogens (tertiary/aromatic N) is 3. The van der Waals surface area contributed by atoms with Crippen LogP contribution in [0.2, 0.25) is 0 Å². The molecule has 1 aliphatic heterocycles. The van der Waals surface area contributed by atoms with Crippen molar-refractivity contribution in [3.05, 3.63) is 62.1 Å². The zero-order valence-corrected chi connectivity index (χ0v) is 18.3. The largest absolute Gasteiger partial charge is 0.336 e. The number of aryl methyl sites for hydroxylation is 2. The van der Waals surface area contributed by atoms with Crippen molar-refractivity contribution in [2.24, 2.45) is 7.05 Å². The Labute approximate surface area is 180 Å². The maximum absolute atomic E-state index is 13.1. The lowest BCUT2D eigenvalue weighted by atomic mass is 9.92. The number of piperidine rings is 1. The minimum atomic E-state index is -0.508. The molecule has 0 aliphatic carbocycles. The number of imidazole rings is 1. The summed E-state index contributed by atoms with van der Waals surface area (Å²) in [6.07, 6.45) is 3.77. The van der Waals surface area contributed by atoms with Crippen LogP contribution in [0, 0.1) is 0 Å². The Morgan fingerprint density at radius 1 is 1.16 bits per heavy atom. The molecular formula is C23H29N5O3. The van der Waals surface area contributed by atoms with E-state index in [4.69, 9.17) is 0 Å². The van der Waals surface area contributed by atoms with Crippen LogP contribution in [-0.2, 0) is 18.3 Å². The van der Waals surface area contributed by atoms with Gasteiger partial charge < -0.3 is 9.88 Å². The molecule has 0 bridgehead atoms. The molecule has 1 fully saturated rings. The quantitative estimate of drug-likeness (QED) is 0.658. The number of amides is 1. The molecule has 1 saturated heterocycles. The van der Waals surface area contributed by atoms with Crippen LogP contribution in [-0.4, -0.2) is 36.9 Å². The summed E-state index contributed by atoms with van der Waals surface area (Å²) in [7, 11) is 1.55. The van der Waals surface area contributed by atoms with Crippen molar-refractivity contribution in [1.82, 2.24) is 24.4 Å². The van der Waals surface area contributed by atoms with Crippen LogP contribution in [0.4, 0.5) is 0 Å². The van der Waals surface area contributed by atoms with E-state index in [1.54, 1.807) is 7.05 Å². The van der Waals surface area contributed by atoms with Crippen LogP contribution in [0.1, 0.15) is 68.4 Å². The Bertz CT molecular complexity index is 1200. The maximum atomic E-state index is 13.1. The van der Waals surface area contributed by atoms with Crippen LogP contribution >= 0.6 is 0 Å². The molecule has 1 aromatic carbocycles. The molecule has 1 atom stereocenters. The zero-order valence-electron chi connectivity index (χ0n) is 18.3. The second-order valence-electron chi connectivity index (χ2n) is 8.62. The van der Waals surface area contributed by atoms with Gasteiger partial charge in [0.1, 0.15) is 11.3 Å². The van der Waals surface area contributed by atoms with E-state index in [2.05, 4.69) is 53.1 Å². The van der Waals surface area contributed by atoms with Gasteiger partial charge in [0.05, 0.1) is 6.04 Å². The van der Waals surface area contributed by atoms with E-state index in [0.29, 0.717) is 30.2 Å². The molecule has 1 aliphatic rings. The van der Waals surface area contributed by atoms with Gasteiger partial charge in [0.2, 0.25) is 5.91 Å². The monoisotopic (exact) mass is 423 g/mol. The summed E-state index contributed by atoms with van der Waals surface area (Å²) < 4.78 is 1.29. The lowest BCUT2D eigenvalue weighted by Gasteiger charge is -2.36. The Morgan fingerprint density at radius 3 is 2.61 bits per heavy atom. The molecule has 8 nitrogen and oxygen atoms in total. The van der Waals surface area contributed by atoms with Gasteiger partial charge in [-0.2, -0.15) is 0 Å². The molecule has 0 saturated carbocycles. The van der Waals surface area contributed by atoms with Crippen molar-refractivity contribution >= 4 is 17.1 Å². The fourth-order valence-corrected chi connectivity index (χ4v) is 4.32. The average Bonchev–Trinajstić information content (AvgIpc) is 3.21. The van der Waals surface area contributed by atoms with E-state index in [0.717, 1.165) is 25.8 Å². The predicted octanol–water partition coefficient (Wildman–Crippen LogP) is 2.76. The van der Waals surface area contributed by atoms with Gasteiger partial charge in [0.25, 0.3) is 5.56 Å². The van der Waals surface area contributed by atoms with Crippen molar-refractivity contribution in [3.8, 4) is 0 Å². The number of aromatic amines is 2. The molecule has 3 aromatic rings.